The van der Waals surface area contributed by atoms with Crippen molar-refractivity contribution in [2.24, 2.45) is 5.41 Å². The number of aromatic hydroxyl groups is 1. The normalized spacial score (nSPS) is 18.6. The molecular formula is C23H30N4O3S. The van der Waals surface area contributed by atoms with Crippen LogP contribution >= 0.6 is 11.8 Å². The van der Waals surface area contributed by atoms with Gasteiger partial charge in [0.05, 0.1) is 17.9 Å². The van der Waals surface area contributed by atoms with Gasteiger partial charge in [-0.05, 0) is 56.5 Å². The van der Waals surface area contributed by atoms with Gasteiger partial charge in [0.15, 0.2) is 0 Å². The van der Waals surface area contributed by atoms with Gasteiger partial charge in [0.2, 0.25) is 0 Å². The lowest BCUT2D eigenvalue weighted by Crippen LogP contribution is -2.44. The third kappa shape index (κ3) is 4.42. The Labute approximate surface area is 187 Å². The summed E-state index contributed by atoms with van der Waals surface area (Å²) in [7, 11) is 0. The number of hydrogen-bond acceptors (Lipinski definition) is 7. The van der Waals surface area contributed by atoms with E-state index in [4.69, 9.17) is 0 Å². The van der Waals surface area contributed by atoms with Crippen LogP contribution in [0.15, 0.2) is 29.6 Å². The first-order valence-electron chi connectivity index (χ1n) is 10.7. The van der Waals surface area contributed by atoms with E-state index in [0.29, 0.717) is 23.4 Å². The summed E-state index contributed by atoms with van der Waals surface area (Å²) < 4.78 is 0. The highest BCUT2D eigenvalue weighted by atomic mass is 32.2. The van der Waals surface area contributed by atoms with Crippen molar-refractivity contribution in [1.82, 2.24) is 19.8 Å². The van der Waals surface area contributed by atoms with Crippen molar-refractivity contribution in [3.05, 3.63) is 46.9 Å². The molecule has 0 atom stereocenters. The van der Waals surface area contributed by atoms with Crippen molar-refractivity contribution in [2.45, 2.75) is 44.4 Å². The van der Waals surface area contributed by atoms with Crippen molar-refractivity contribution >= 4 is 17.7 Å². The van der Waals surface area contributed by atoms with Crippen molar-refractivity contribution in [2.75, 3.05) is 32.4 Å². The van der Waals surface area contributed by atoms with Gasteiger partial charge >= 0.3 is 0 Å². The minimum absolute atomic E-state index is 0.0759. The predicted molar refractivity (Wildman–Crippen MR) is 120 cm³/mol. The lowest BCUT2D eigenvalue weighted by atomic mass is 9.77. The van der Waals surface area contributed by atoms with Crippen LogP contribution in [0.5, 0.6) is 5.75 Å². The van der Waals surface area contributed by atoms with Gasteiger partial charge in [-0.2, -0.15) is 0 Å². The van der Waals surface area contributed by atoms with Crippen LogP contribution in [0.3, 0.4) is 0 Å². The van der Waals surface area contributed by atoms with Crippen molar-refractivity contribution in [1.29, 1.82) is 0 Å². The van der Waals surface area contributed by atoms with Crippen LogP contribution in [0.1, 0.15) is 46.4 Å². The van der Waals surface area contributed by atoms with Crippen LogP contribution in [0, 0.1) is 12.3 Å². The van der Waals surface area contributed by atoms with E-state index in [-0.39, 0.29) is 23.7 Å². The largest absolute Gasteiger partial charge is 0.506 e. The molecule has 0 bridgehead atoms. The molecule has 4 heterocycles. The molecule has 0 radical (unpaired) electrons. The van der Waals surface area contributed by atoms with E-state index >= 15 is 0 Å². The number of carbonyl (C=O) groups excluding carboxylic acids is 1. The fourth-order valence-electron chi connectivity index (χ4n) is 4.86. The number of piperidine rings is 1. The Bertz CT molecular complexity index is 960. The Kier molecular flexibility index (Phi) is 6.50. The van der Waals surface area contributed by atoms with Crippen LogP contribution in [-0.4, -0.2) is 68.3 Å². The number of aliphatic hydroxyl groups is 1. The first-order valence-corrected chi connectivity index (χ1v) is 12.0. The summed E-state index contributed by atoms with van der Waals surface area (Å²) in [5.41, 5.74) is 2.96. The van der Waals surface area contributed by atoms with Gasteiger partial charge in [-0.3, -0.25) is 14.7 Å². The van der Waals surface area contributed by atoms with Crippen LogP contribution in [0.25, 0.3) is 0 Å². The molecular weight excluding hydrogens is 412 g/mol. The highest BCUT2D eigenvalue weighted by Crippen LogP contribution is 2.42. The molecule has 2 saturated heterocycles. The zero-order valence-corrected chi connectivity index (χ0v) is 19.0. The molecule has 8 heteroatoms. The second kappa shape index (κ2) is 9.14. The molecule has 2 aromatic rings. The maximum absolute atomic E-state index is 13.0. The molecule has 0 unspecified atom stereocenters. The molecule has 4 rings (SSSR count). The van der Waals surface area contributed by atoms with E-state index in [9.17, 15) is 15.0 Å². The number of rotatable bonds is 5. The number of thioether (sulfide) groups is 1. The number of pyridine rings is 2. The minimum atomic E-state index is -0.126. The Morgan fingerprint density at radius 2 is 1.97 bits per heavy atom. The highest BCUT2D eigenvalue weighted by molar-refractivity contribution is 7.98. The number of nitrogens with zero attached hydrogens (tertiary/aromatic N) is 4. The number of amides is 1. The summed E-state index contributed by atoms with van der Waals surface area (Å²) in [6, 6.07) is 3.69. The number of aliphatic hydroxyl groups excluding tert-OH is 1. The van der Waals surface area contributed by atoms with Gasteiger partial charge in [0.25, 0.3) is 5.91 Å². The van der Waals surface area contributed by atoms with Crippen LogP contribution in [-0.2, 0) is 13.2 Å². The van der Waals surface area contributed by atoms with Crippen LogP contribution in [0.4, 0.5) is 0 Å². The average molecular weight is 443 g/mol. The highest BCUT2D eigenvalue weighted by Gasteiger charge is 2.41. The lowest BCUT2D eigenvalue weighted by molar-refractivity contribution is 0.0583. The van der Waals surface area contributed by atoms with Crippen molar-refractivity contribution in [3.8, 4) is 5.75 Å². The molecule has 2 aliphatic heterocycles. The van der Waals surface area contributed by atoms with E-state index < -0.39 is 0 Å². The van der Waals surface area contributed by atoms with Gasteiger partial charge in [-0.25, -0.2) is 4.98 Å². The topological polar surface area (TPSA) is 89.8 Å². The van der Waals surface area contributed by atoms with E-state index in [2.05, 4.69) is 14.9 Å². The summed E-state index contributed by atoms with van der Waals surface area (Å²) >= 11 is 1.50. The standard InChI is InChI=1S/C23H30N4O3S/c1-16-20(29)19(17(14-28)12-25-16)13-26-9-5-23(15-26)6-10-27(11-7-23)22(30)18-4-3-8-24-21(18)31-2/h3-4,8,12,28-29H,5-7,9-11,13-15H2,1-2H3. The Balaban J connectivity index is 1.39. The third-order valence-corrected chi connectivity index (χ3v) is 7.52. The molecule has 7 nitrogen and oxygen atoms in total. The molecule has 1 amide bonds. The molecule has 2 aliphatic rings. The number of carbonyl (C=O) groups is 1. The first kappa shape index (κ1) is 22.0. The Morgan fingerprint density at radius 1 is 1.23 bits per heavy atom. The van der Waals surface area contributed by atoms with E-state index in [1.165, 1.54) is 11.8 Å². The van der Waals surface area contributed by atoms with Crippen LogP contribution < -0.4 is 0 Å². The van der Waals surface area contributed by atoms with Gasteiger partial charge in [0, 0.05) is 49.7 Å². The summed E-state index contributed by atoms with van der Waals surface area (Å²) in [4.78, 5) is 25.8. The molecule has 0 aliphatic carbocycles. The van der Waals surface area contributed by atoms with Crippen molar-refractivity contribution < 1.29 is 15.0 Å². The van der Waals surface area contributed by atoms with Gasteiger partial charge in [-0.1, -0.05) is 0 Å². The summed E-state index contributed by atoms with van der Waals surface area (Å²) in [6.07, 6.45) is 8.39. The maximum Gasteiger partial charge on any atom is 0.256 e. The fourth-order valence-corrected chi connectivity index (χ4v) is 5.40. The zero-order valence-electron chi connectivity index (χ0n) is 18.2. The fraction of sp³-hybridized carbons (Fsp3) is 0.522. The van der Waals surface area contributed by atoms with E-state index in [1.54, 1.807) is 19.3 Å². The monoisotopic (exact) mass is 442 g/mol. The third-order valence-electron chi connectivity index (χ3n) is 6.81. The summed E-state index contributed by atoms with van der Waals surface area (Å²) in [6.45, 7) is 5.69. The second-order valence-electron chi connectivity index (χ2n) is 8.67. The molecule has 0 aromatic carbocycles. The second-order valence-corrected chi connectivity index (χ2v) is 9.46. The van der Waals surface area contributed by atoms with Gasteiger partial charge in [0.1, 0.15) is 10.8 Å². The van der Waals surface area contributed by atoms with E-state index in [0.717, 1.165) is 56.0 Å². The molecule has 2 fully saturated rings. The lowest BCUT2D eigenvalue weighted by Gasteiger charge is -2.39. The number of aryl methyl sites for hydroxylation is 1. The van der Waals surface area contributed by atoms with E-state index in [1.807, 2.05) is 23.3 Å². The number of hydrogen-bond donors (Lipinski definition) is 2. The first-order chi connectivity index (χ1) is 15.0. The minimum Gasteiger partial charge on any atom is -0.506 e. The molecule has 166 valence electrons. The molecule has 0 saturated carbocycles. The Hall–Kier alpha value is -2.16. The Morgan fingerprint density at radius 3 is 2.68 bits per heavy atom. The van der Waals surface area contributed by atoms with Gasteiger partial charge < -0.3 is 15.1 Å². The quantitative estimate of drug-likeness (QED) is 0.688. The SMILES string of the molecule is CSc1ncccc1C(=O)N1CCC2(CCN(Cc3c(CO)cnc(C)c3O)C2)CC1. The molecule has 1 spiro atoms. The molecule has 2 aromatic heterocycles. The molecule has 31 heavy (non-hydrogen) atoms. The average Bonchev–Trinajstić information content (AvgIpc) is 3.19. The van der Waals surface area contributed by atoms with Gasteiger partial charge in [-0.15, -0.1) is 11.8 Å². The zero-order chi connectivity index (χ0) is 22.0. The maximum atomic E-state index is 13.0. The summed E-state index contributed by atoms with van der Waals surface area (Å²) in [5.74, 6) is 0.265. The molecule has 2 N–H and O–H groups in total. The predicted octanol–water partition coefficient (Wildman–Crippen LogP) is 2.83. The van der Waals surface area contributed by atoms with Crippen LogP contribution in [0.2, 0.25) is 0 Å². The number of aromatic nitrogens is 2. The van der Waals surface area contributed by atoms with Crippen molar-refractivity contribution in [3.63, 3.8) is 0 Å². The smallest absolute Gasteiger partial charge is 0.256 e. The summed E-state index contributed by atoms with van der Waals surface area (Å²) in [5, 5.41) is 20.9. The number of likely N-dealkylation sites (tertiary alicyclic amines) is 2.